The lowest BCUT2D eigenvalue weighted by molar-refractivity contribution is -0.870. The molecule has 1 amide bonds. The number of amides is 1. The highest BCUT2D eigenvalue weighted by molar-refractivity contribution is 7.45. The predicted molar refractivity (Wildman–Crippen MR) is 362 cm³/mol. The topological polar surface area (TPSA) is 108 Å². The van der Waals surface area contributed by atoms with Gasteiger partial charge in [-0.25, -0.2) is 0 Å². The Labute approximate surface area is 513 Å². The molecule has 0 radical (unpaired) electrons. The van der Waals surface area contributed by atoms with Crippen molar-refractivity contribution in [3.05, 3.63) is 134 Å². The van der Waals surface area contributed by atoms with E-state index in [1.54, 1.807) is 6.08 Å². The zero-order valence-electron chi connectivity index (χ0n) is 54.4. The van der Waals surface area contributed by atoms with Crippen molar-refractivity contribution >= 4 is 13.7 Å². The van der Waals surface area contributed by atoms with Gasteiger partial charge in [0, 0.05) is 6.42 Å². The molecule has 0 spiro atoms. The third kappa shape index (κ3) is 66.0. The van der Waals surface area contributed by atoms with Gasteiger partial charge in [0.25, 0.3) is 7.82 Å². The summed E-state index contributed by atoms with van der Waals surface area (Å²) in [6, 6.07) is -0.918. The number of phosphoric acid groups is 1. The summed E-state index contributed by atoms with van der Waals surface area (Å²) in [7, 11) is 1.23. The van der Waals surface area contributed by atoms with Gasteiger partial charge in [-0.05, 0) is 109 Å². The summed E-state index contributed by atoms with van der Waals surface area (Å²) in [5.41, 5.74) is 0. The van der Waals surface area contributed by atoms with Crippen LogP contribution in [0.15, 0.2) is 134 Å². The lowest BCUT2D eigenvalue weighted by atomic mass is 10.0. The van der Waals surface area contributed by atoms with Crippen molar-refractivity contribution in [2.24, 2.45) is 0 Å². The van der Waals surface area contributed by atoms with Crippen molar-refractivity contribution in [3.8, 4) is 0 Å². The summed E-state index contributed by atoms with van der Waals surface area (Å²) >= 11 is 0. The highest BCUT2D eigenvalue weighted by Gasteiger charge is 2.23. The molecular formula is C74H129N2O6P. The van der Waals surface area contributed by atoms with Gasteiger partial charge in [-0.15, -0.1) is 0 Å². The molecule has 0 aromatic heterocycles. The van der Waals surface area contributed by atoms with Gasteiger partial charge in [-0.2, -0.15) is 0 Å². The number of carbonyl (C=O) groups excluding carboxylic acids is 1. The number of nitrogens with one attached hydrogen (secondary N) is 1. The molecule has 476 valence electrons. The zero-order chi connectivity index (χ0) is 60.5. The summed E-state index contributed by atoms with van der Waals surface area (Å²) in [6.07, 6.45) is 95.7. The number of carbonyl (C=O) groups is 1. The summed E-state index contributed by atoms with van der Waals surface area (Å²) in [5, 5.41) is 13.9. The minimum absolute atomic E-state index is 0.0133. The Balaban J connectivity index is 4.08. The summed E-state index contributed by atoms with van der Waals surface area (Å²) in [6.45, 7) is 4.51. The Morgan fingerprint density at radius 2 is 0.747 bits per heavy atom. The molecule has 0 aromatic carbocycles. The van der Waals surface area contributed by atoms with E-state index in [4.69, 9.17) is 9.05 Å². The first kappa shape index (κ1) is 79.6. The number of hydrogen-bond acceptors (Lipinski definition) is 6. The number of hydrogen-bond donors (Lipinski definition) is 2. The van der Waals surface area contributed by atoms with Crippen molar-refractivity contribution in [1.82, 2.24) is 5.32 Å². The second kappa shape index (κ2) is 63.2. The molecule has 0 saturated heterocycles. The monoisotopic (exact) mass is 1170 g/mol. The van der Waals surface area contributed by atoms with Gasteiger partial charge in [0.05, 0.1) is 39.9 Å². The lowest BCUT2D eigenvalue weighted by Crippen LogP contribution is -2.45. The first-order valence-electron chi connectivity index (χ1n) is 34.0. The van der Waals surface area contributed by atoms with Gasteiger partial charge < -0.3 is 28.8 Å². The van der Waals surface area contributed by atoms with Crippen molar-refractivity contribution in [2.45, 2.75) is 289 Å². The van der Waals surface area contributed by atoms with Crippen LogP contribution < -0.4 is 10.2 Å². The van der Waals surface area contributed by atoms with E-state index < -0.39 is 26.6 Å². The van der Waals surface area contributed by atoms with E-state index in [-0.39, 0.29) is 12.5 Å². The van der Waals surface area contributed by atoms with E-state index >= 15 is 0 Å². The second-order valence-corrected chi connectivity index (χ2v) is 25.2. The maximum absolute atomic E-state index is 13.0. The highest BCUT2D eigenvalue weighted by atomic mass is 31.2. The standard InChI is InChI=1S/C74H129N2O6P/c1-6-8-10-12-14-16-18-20-22-24-26-28-29-30-31-32-33-34-35-36-37-38-39-40-41-42-43-44-45-46-47-48-50-52-54-56-58-60-62-64-66-68-74(78)75-72(71-82-83(79,80)81-70-69-76(3,4)5)73(77)67-65-63-61-59-57-55-53-51-49-27-25-23-21-19-17-15-13-11-9-7-2/h8,10,14,16,20,22,26,28,30-31,33-34,36-37,39-40,49,51,57,59,65,67,72-73,77H,6-7,9,11-13,15,17-19,21,23-25,27,29,32,35,38,41-48,50,52-56,58,60-64,66,68-71H2,1-5H3,(H-,75,78,79,80)/b10-8-,16-14-,22-20-,28-26-,31-30-,34-33-,37-36-,40-39-,51-49+,59-57+,67-65+. The van der Waals surface area contributed by atoms with E-state index in [1.807, 2.05) is 27.2 Å². The Morgan fingerprint density at radius 1 is 0.434 bits per heavy atom. The third-order valence-corrected chi connectivity index (χ3v) is 15.5. The first-order chi connectivity index (χ1) is 40.5. The molecule has 0 aliphatic heterocycles. The van der Waals surface area contributed by atoms with Crippen LogP contribution in [0.2, 0.25) is 0 Å². The van der Waals surface area contributed by atoms with Crippen LogP contribution in [0.5, 0.6) is 0 Å². The fourth-order valence-electron chi connectivity index (χ4n) is 9.32. The van der Waals surface area contributed by atoms with Gasteiger partial charge in [-0.1, -0.05) is 295 Å². The molecule has 2 N–H and O–H groups in total. The van der Waals surface area contributed by atoms with Crippen LogP contribution in [0.4, 0.5) is 0 Å². The number of unbranched alkanes of at least 4 members (excludes halogenated alkanes) is 28. The molecule has 3 atom stereocenters. The fraction of sp³-hybridized carbons (Fsp3) is 0.689. The number of aliphatic hydroxyl groups is 1. The van der Waals surface area contributed by atoms with E-state index in [1.165, 1.54) is 161 Å². The molecule has 9 heteroatoms. The predicted octanol–water partition coefficient (Wildman–Crippen LogP) is 21.2. The van der Waals surface area contributed by atoms with Crippen LogP contribution in [0, 0.1) is 0 Å². The van der Waals surface area contributed by atoms with Gasteiger partial charge in [0.2, 0.25) is 5.91 Å². The minimum Gasteiger partial charge on any atom is -0.756 e. The SMILES string of the molecule is CC/C=C\C/C=C\C/C=C\C/C=C\C/C=C\C/C=C\C/C=C\C/C=C\CCCCCCCCCCCCCCCCCCC(=O)NC(COP(=O)([O-])OCC[N+](C)(C)C)C(O)/C=C/CC/C=C/CC/C=C/CCCCCCCCCCCC. The van der Waals surface area contributed by atoms with Gasteiger partial charge in [-0.3, -0.25) is 9.36 Å². The fourth-order valence-corrected chi connectivity index (χ4v) is 10.0. The van der Waals surface area contributed by atoms with E-state index in [0.717, 1.165) is 96.3 Å². The highest BCUT2D eigenvalue weighted by Crippen LogP contribution is 2.38. The molecule has 3 unspecified atom stereocenters. The molecule has 8 nitrogen and oxygen atoms in total. The average Bonchev–Trinajstić information content (AvgIpc) is 3.49. The van der Waals surface area contributed by atoms with Gasteiger partial charge >= 0.3 is 0 Å². The van der Waals surface area contributed by atoms with Crippen LogP contribution in [-0.4, -0.2) is 68.5 Å². The molecule has 0 fully saturated rings. The molecule has 0 heterocycles. The number of nitrogens with zero attached hydrogens (tertiary/aromatic N) is 1. The van der Waals surface area contributed by atoms with E-state index in [2.05, 4.69) is 141 Å². The van der Waals surface area contributed by atoms with Crippen LogP contribution in [0.3, 0.4) is 0 Å². The maximum atomic E-state index is 13.0. The lowest BCUT2D eigenvalue weighted by Gasteiger charge is -2.29. The number of aliphatic hydroxyl groups excluding tert-OH is 1. The third-order valence-electron chi connectivity index (χ3n) is 14.6. The average molecular weight is 1170 g/mol. The van der Waals surface area contributed by atoms with Gasteiger partial charge in [0.15, 0.2) is 0 Å². The first-order valence-corrected chi connectivity index (χ1v) is 35.5. The van der Waals surface area contributed by atoms with Crippen LogP contribution in [-0.2, 0) is 18.4 Å². The summed E-state index contributed by atoms with van der Waals surface area (Å²) in [5.74, 6) is -0.213. The van der Waals surface area contributed by atoms with Crippen LogP contribution in [0.1, 0.15) is 277 Å². The van der Waals surface area contributed by atoms with Crippen molar-refractivity contribution < 1.29 is 32.9 Å². The number of phosphoric ester groups is 1. The minimum atomic E-state index is -4.62. The Morgan fingerprint density at radius 3 is 1.12 bits per heavy atom. The van der Waals surface area contributed by atoms with E-state index in [0.29, 0.717) is 17.4 Å². The van der Waals surface area contributed by atoms with Crippen LogP contribution >= 0.6 is 7.82 Å². The maximum Gasteiger partial charge on any atom is 0.268 e. The Kier molecular flexibility index (Phi) is 60.6. The number of likely N-dealkylation sites (N-methyl/N-ethyl adjacent to an activating group) is 1. The molecular weight excluding hydrogens is 1040 g/mol. The van der Waals surface area contributed by atoms with E-state index in [9.17, 15) is 19.4 Å². The van der Waals surface area contributed by atoms with Gasteiger partial charge in [0.1, 0.15) is 13.2 Å². The molecule has 0 rings (SSSR count). The van der Waals surface area contributed by atoms with Crippen molar-refractivity contribution in [1.29, 1.82) is 0 Å². The quantitative estimate of drug-likeness (QED) is 0.0272. The molecule has 0 aliphatic rings. The molecule has 83 heavy (non-hydrogen) atoms. The summed E-state index contributed by atoms with van der Waals surface area (Å²) < 4.78 is 23.4. The van der Waals surface area contributed by atoms with Crippen LogP contribution in [0.25, 0.3) is 0 Å². The van der Waals surface area contributed by atoms with Crippen molar-refractivity contribution in [3.63, 3.8) is 0 Å². The van der Waals surface area contributed by atoms with Crippen molar-refractivity contribution in [2.75, 3.05) is 40.9 Å². The molecule has 0 aliphatic carbocycles. The molecule has 0 saturated carbocycles. The molecule has 0 bridgehead atoms. The molecule has 0 aromatic rings. The Bertz CT molecular complexity index is 1810. The summed E-state index contributed by atoms with van der Waals surface area (Å²) in [4.78, 5) is 25.6. The smallest absolute Gasteiger partial charge is 0.268 e. The second-order valence-electron chi connectivity index (χ2n) is 23.8. The number of quaternary nitrogens is 1. The number of allylic oxidation sites excluding steroid dienone is 21. The normalized spacial score (nSPS) is 14.5. The number of rotatable bonds is 61. The zero-order valence-corrected chi connectivity index (χ0v) is 55.2. The Hall–Kier alpha value is -3.36. The largest absolute Gasteiger partial charge is 0.756 e.